The van der Waals surface area contributed by atoms with Crippen LogP contribution in [0.5, 0.6) is 0 Å². The number of likely N-dealkylation sites (tertiary alicyclic amines) is 1. The van der Waals surface area contributed by atoms with Crippen molar-refractivity contribution < 1.29 is 19.4 Å². The first kappa shape index (κ1) is 19.3. The Morgan fingerprint density at radius 3 is 2.58 bits per heavy atom. The van der Waals surface area contributed by atoms with Gasteiger partial charge in [0.2, 0.25) is 5.91 Å². The molecule has 0 aliphatic carbocycles. The molecule has 2 atom stereocenters. The van der Waals surface area contributed by atoms with Crippen molar-refractivity contribution in [3.8, 4) is 0 Å². The summed E-state index contributed by atoms with van der Waals surface area (Å²) in [5.41, 5.74) is 0. The van der Waals surface area contributed by atoms with Gasteiger partial charge in [-0.1, -0.05) is 13.8 Å². The Kier molecular flexibility index (Phi) is 7.64. The number of aliphatic hydroxyl groups excluding tert-OH is 1. The number of nitrogens with zero attached hydrogens (tertiary/aromatic N) is 2. The lowest BCUT2D eigenvalue weighted by molar-refractivity contribution is -0.132. The van der Waals surface area contributed by atoms with Gasteiger partial charge in [-0.15, -0.1) is 11.8 Å². The van der Waals surface area contributed by atoms with Crippen LogP contribution in [-0.2, 0) is 9.53 Å². The minimum absolute atomic E-state index is 0.00297. The van der Waals surface area contributed by atoms with Crippen LogP contribution in [0.15, 0.2) is 0 Å². The molecule has 2 N–H and O–H groups in total. The molecule has 138 valence electrons. The molecule has 0 saturated carbocycles. The summed E-state index contributed by atoms with van der Waals surface area (Å²) < 4.78 is 5.23. The van der Waals surface area contributed by atoms with Crippen molar-refractivity contribution in [1.82, 2.24) is 15.1 Å². The molecule has 3 amide bonds. The van der Waals surface area contributed by atoms with Crippen LogP contribution in [0.25, 0.3) is 0 Å². The number of thioether (sulfide) groups is 1. The maximum Gasteiger partial charge on any atom is 0.317 e. The third-order valence-corrected chi connectivity index (χ3v) is 5.51. The number of β-amino-alcohol motifs (C(OH)–C–C–N with tert-alkyl or cyclic N) is 1. The lowest BCUT2D eigenvalue weighted by atomic mass is 9.94. The van der Waals surface area contributed by atoms with Gasteiger partial charge in [0.05, 0.1) is 25.1 Å². The monoisotopic (exact) mass is 359 g/mol. The van der Waals surface area contributed by atoms with Gasteiger partial charge in [0.1, 0.15) is 0 Å². The number of amides is 3. The van der Waals surface area contributed by atoms with Crippen molar-refractivity contribution in [1.29, 1.82) is 0 Å². The van der Waals surface area contributed by atoms with E-state index in [0.717, 1.165) is 0 Å². The Balaban J connectivity index is 1.71. The summed E-state index contributed by atoms with van der Waals surface area (Å²) in [7, 11) is 0. The second-order valence-electron chi connectivity index (χ2n) is 6.60. The lowest BCUT2D eigenvalue weighted by Gasteiger charge is -2.36. The van der Waals surface area contributed by atoms with Gasteiger partial charge in [0.25, 0.3) is 0 Å². The van der Waals surface area contributed by atoms with Gasteiger partial charge in [-0.05, 0) is 11.7 Å². The van der Waals surface area contributed by atoms with Crippen molar-refractivity contribution in [2.75, 3.05) is 51.7 Å². The summed E-state index contributed by atoms with van der Waals surface area (Å²) >= 11 is 1.62. The second-order valence-corrected chi connectivity index (χ2v) is 8.17. The van der Waals surface area contributed by atoms with E-state index in [2.05, 4.69) is 19.2 Å². The van der Waals surface area contributed by atoms with E-state index >= 15 is 0 Å². The van der Waals surface area contributed by atoms with E-state index in [9.17, 15) is 14.7 Å². The Hall–Kier alpha value is -0.990. The average molecular weight is 359 g/mol. The molecule has 0 unspecified atom stereocenters. The number of morpholine rings is 1. The molecule has 0 bridgehead atoms. The van der Waals surface area contributed by atoms with Gasteiger partial charge in [-0.2, -0.15) is 0 Å². The topological polar surface area (TPSA) is 82.1 Å². The summed E-state index contributed by atoms with van der Waals surface area (Å²) in [5, 5.41) is 13.6. The predicted octanol–water partition coefficient (Wildman–Crippen LogP) is 0.379. The zero-order valence-electron chi connectivity index (χ0n) is 14.6. The average Bonchev–Trinajstić information content (AvgIpc) is 2.59. The number of hydrogen-bond acceptors (Lipinski definition) is 5. The molecule has 0 aromatic rings. The molecule has 8 heteroatoms. The predicted molar refractivity (Wildman–Crippen MR) is 94.1 cm³/mol. The molecular formula is C16H29N3O4S. The molecule has 2 aliphatic rings. The van der Waals surface area contributed by atoms with E-state index in [1.807, 2.05) is 0 Å². The van der Waals surface area contributed by atoms with Crippen LogP contribution in [0.1, 0.15) is 20.3 Å². The number of carbonyl (C=O) groups excluding carboxylic acids is 2. The smallest absolute Gasteiger partial charge is 0.317 e. The molecule has 0 aromatic heterocycles. The normalized spacial score (nSPS) is 25.0. The summed E-state index contributed by atoms with van der Waals surface area (Å²) in [6.45, 7) is 7.94. The molecular weight excluding hydrogens is 330 g/mol. The van der Waals surface area contributed by atoms with Crippen molar-refractivity contribution >= 4 is 23.7 Å². The van der Waals surface area contributed by atoms with Crippen LogP contribution in [0.4, 0.5) is 4.79 Å². The first-order valence-electron chi connectivity index (χ1n) is 8.65. The maximum absolute atomic E-state index is 12.1. The van der Waals surface area contributed by atoms with E-state index in [0.29, 0.717) is 63.4 Å². The minimum Gasteiger partial charge on any atom is -0.391 e. The van der Waals surface area contributed by atoms with Gasteiger partial charge in [0.15, 0.2) is 0 Å². The highest BCUT2D eigenvalue weighted by atomic mass is 32.2. The molecule has 0 spiro atoms. The van der Waals surface area contributed by atoms with Gasteiger partial charge in [-0.3, -0.25) is 4.79 Å². The minimum atomic E-state index is -0.586. The van der Waals surface area contributed by atoms with E-state index in [4.69, 9.17) is 4.74 Å². The van der Waals surface area contributed by atoms with E-state index in [1.165, 1.54) is 0 Å². The summed E-state index contributed by atoms with van der Waals surface area (Å²) in [6.07, 6.45) is 0.125. The summed E-state index contributed by atoms with van der Waals surface area (Å²) in [4.78, 5) is 27.7. The molecule has 2 aliphatic heterocycles. The summed E-state index contributed by atoms with van der Waals surface area (Å²) in [5.74, 6) is 0.545. The molecule has 7 nitrogen and oxygen atoms in total. The highest BCUT2D eigenvalue weighted by Gasteiger charge is 2.30. The third-order valence-electron chi connectivity index (χ3n) is 4.43. The molecule has 2 rings (SSSR count). The zero-order valence-corrected chi connectivity index (χ0v) is 15.4. The van der Waals surface area contributed by atoms with Gasteiger partial charge >= 0.3 is 6.03 Å². The number of urea groups is 1. The Bertz CT molecular complexity index is 430. The van der Waals surface area contributed by atoms with Crippen LogP contribution in [-0.4, -0.2) is 89.9 Å². The molecule has 2 saturated heterocycles. The van der Waals surface area contributed by atoms with Crippen LogP contribution in [0, 0.1) is 5.92 Å². The zero-order chi connectivity index (χ0) is 17.5. The molecule has 0 aromatic carbocycles. The van der Waals surface area contributed by atoms with Crippen LogP contribution < -0.4 is 5.32 Å². The number of carbonyl (C=O) groups is 2. The van der Waals surface area contributed by atoms with Crippen molar-refractivity contribution in [2.45, 2.75) is 31.6 Å². The second kappa shape index (κ2) is 9.48. The largest absolute Gasteiger partial charge is 0.391 e. The fraction of sp³-hybridized carbons (Fsp3) is 0.875. The quantitative estimate of drug-likeness (QED) is 0.742. The van der Waals surface area contributed by atoms with E-state index < -0.39 is 6.10 Å². The van der Waals surface area contributed by atoms with Crippen LogP contribution >= 0.6 is 11.8 Å². The summed E-state index contributed by atoms with van der Waals surface area (Å²) in [6, 6.07) is -0.0997. The van der Waals surface area contributed by atoms with Crippen LogP contribution in [0.3, 0.4) is 0 Å². The fourth-order valence-corrected chi connectivity index (χ4v) is 3.53. The third kappa shape index (κ3) is 5.82. The van der Waals surface area contributed by atoms with Crippen molar-refractivity contribution in [2.24, 2.45) is 5.92 Å². The first-order chi connectivity index (χ1) is 11.5. The van der Waals surface area contributed by atoms with E-state index in [-0.39, 0.29) is 17.9 Å². The highest BCUT2D eigenvalue weighted by Crippen LogP contribution is 2.19. The molecule has 24 heavy (non-hydrogen) atoms. The number of hydrogen-bond donors (Lipinski definition) is 2. The number of piperidine rings is 1. The maximum atomic E-state index is 12.1. The number of rotatable bonds is 5. The number of ether oxygens (including phenoxy) is 1. The van der Waals surface area contributed by atoms with Crippen molar-refractivity contribution in [3.63, 3.8) is 0 Å². The Morgan fingerprint density at radius 1 is 1.25 bits per heavy atom. The first-order valence-corrected chi connectivity index (χ1v) is 9.70. The van der Waals surface area contributed by atoms with Crippen molar-refractivity contribution in [3.05, 3.63) is 0 Å². The fourth-order valence-electron chi connectivity index (χ4n) is 2.87. The van der Waals surface area contributed by atoms with Gasteiger partial charge < -0.3 is 25.0 Å². The van der Waals surface area contributed by atoms with Crippen LogP contribution in [0.2, 0.25) is 0 Å². The number of aliphatic hydroxyl groups is 1. The number of nitrogens with one attached hydrogen (secondary N) is 1. The standard InChI is InChI=1S/C16H29N3O4S/c1-12(2)24-11-15(21)19-4-3-13(14(20)10-19)9-17-16(22)18-5-7-23-8-6-18/h12-14,20H,3-11H2,1-2H3,(H,17,22)/t13-,14+/m0/s1. The lowest BCUT2D eigenvalue weighted by Crippen LogP contribution is -2.52. The Labute approximate surface area is 148 Å². The highest BCUT2D eigenvalue weighted by molar-refractivity contribution is 8.00. The molecule has 0 radical (unpaired) electrons. The molecule has 2 fully saturated rings. The SMILES string of the molecule is CC(C)SCC(=O)N1CC[C@@H](CNC(=O)N2CCOCC2)[C@H](O)C1. The molecule has 2 heterocycles. The Morgan fingerprint density at radius 2 is 1.96 bits per heavy atom. The van der Waals surface area contributed by atoms with Gasteiger partial charge in [0, 0.05) is 38.6 Å². The van der Waals surface area contributed by atoms with E-state index in [1.54, 1.807) is 21.6 Å². The van der Waals surface area contributed by atoms with Gasteiger partial charge in [-0.25, -0.2) is 4.79 Å².